The van der Waals surface area contributed by atoms with Crippen LogP contribution >= 0.6 is 0 Å². The van der Waals surface area contributed by atoms with Crippen LogP contribution < -0.4 is 15.4 Å². The van der Waals surface area contributed by atoms with Crippen molar-refractivity contribution in [3.05, 3.63) is 29.3 Å². The number of carbonyl (C=O) groups excluding carboxylic acids is 1. The quantitative estimate of drug-likeness (QED) is 0.339. The van der Waals surface area contributed by atoms with Crippen LogP contribution in [0.4, 0.5) is 0 Å². The van der Waals surface area contributed by atoms with E-state index in [2.05, 4.69) is 47.6 Å². The Kier molecular flexibility index (Phi) is 10.1. The van der Waals surface area contributed by atoms with Crippen LogP contribution in [0.5, 0.6) is 5.75 Å². The molecule has 0 bridgehead atoms. The topological polar surface area (TPSA) is 69.2 Å². The largest absolute Gasteiger partial charge is 0.491 e. The summed E-state index contributed by atoms with van der Waals surface area (Å²) in [7, 11) is 3.68. The Labute approximate surface area is 188 Å². The number of benzene rings is 1. The number of nitrogens with zero attached hydrogens (tertiary/aromatic N) is 3. The van der Waals surface area contributed by atoms with Crippen LogP contribution in [0.15, 0.2) is 23.2 Å². The third kappa shape index (κ3) is 8.05. The molecule has 31 heavy (non-hydrogen) atoms. The molecular weight excluding hydrogens is 390 g/mol. The molecule has 1 aliphatic rings. The molecular formula is C24H41N5O2. The van der Waals surface area contributed by atoms with Crippen LogP contribution in [0.1, 0.15) is 51.2 Å². The highest BCUT2D eigenvalue weighted by Crippen LogP contribution is 2.22. The molecule has 1 amide bonds. The number of aryl methyl sites for hydroxylation is 1. The van der Waals surface area contributed by atoms with Crippen LogP contribution in [0, 0.1) is 6.92 Å². The summed E-state index contributed by atoms with van der Waals surface area (Å²) < 4.78 is 5.97. The number of nitrogens with one attached hydrogen (secondary N) is 2. The molecule has 1 fully saturated rings. The van der Waals surface area contributed by atoms with E-state index in [4.69, 9.17) is 9.73 Å². The van der Waals surface area contributed by atoms with Crippen molar-refractivity contribution in [1.29, 1.82) is 0 Å². The first kappa shape index (κ1) is 25.0. The monoisotopic (exact) mass is 431 g/mol. The van der Waals surface area contributed by atoms with E-state index in [-0.39, 0.29) is 18.1 Å². The molecule has 1 heterocycles. The fraction of sp³-hybridized carbons (Fsp3) is 0.667. The number of carbonyl (C=O) groups is 1. The van der Waals surface area contributed by atoms with Gasteiger partial charge in [0.05, 0.1) is 18.7 Å². The summed E-state index contributed by atoms with van der Waals surface area (Å²) in [4.78, 5) is 21.1. The SMILES string of the molecule is CCNC(=NCc1ccc(C)cc1OC(C)C)NCCCN1CCCC1C(=O)N(C)C. The van der Waals surface area contributed by atoms with E-state index in [1.54, 1.807) is 4.90 Å². The third-order valence-electron chi connectivity index (χ3n) is 5.34. The van der Waals surface area contributed by atoms with Gasteiger partial charge in [-0.2, -0.15) is 0 Å². The highest BCUT2D eigenvalue weighted by Gasteiger charge is 2.30. The number of guanidine groups is 1. The number of ether oxygens (including phenoxy) is 1. The van der Waals surface area contributed by atoms with E-state index >= 15 is 0 Å². The van der Waals surface area contributed by atoms with Gasteiger partial charge in [0.25, 0.3) is 0 Å². The molecule has 1 aromatic carbocycles. The standard InChI is InChI=1S/C24H41N5O2/c1-7-25-24(27-17-20-12-11-19(4)16-22(20)31-18(2)3)26-13-9-15-29-14-8-10-21(29)23(30)28(5)6/h11-12,16,18,21H,7-10,13-15,17H2,1-6H3,(H2,25,26,27). The molecule has 0 aromatic heterocycles. The van der Waals surface area contributed by atoms with Gasteiger partial charge in [-0.3, -0.25) is 9.69 Å². The molecule has 1 atom stereocenters. The molecule has 1 aliphatic heterocycles. The molecule has 2 rings (SSSR count). The lowest BCUT2D eigenvalue weighted by atomic mass is 10.1. The van der Waals surface area contributed by atoms with Crippen LogP contribution in [-0.4, -0.2) is 74.1 Å². The van der Waals surface area contributed by atoms with Crippen molar-refractivity contribution in [2.45, 2.75) is 65.6 Å². The van der Waals surface area contributed by atoms with Gasteiger partial charge in [0.1, 0.15) is 5.75 Å². The minimum Gasteiger partial charge on any atom is -0.491 e. The predicted octanol–water partition coefficient (Wildman–Crippen LogP) is 2.78. The summed E-state index contributed by atoms with van der Waals surface area (Å²) in [6, 6.07) is 6.31. The van der Waals surface area contributed by atoms with Gasteiger partial charge in [-0.15, -0.1) is 0 Å². The summed E-state index contributed by atoms with van der Waals surface area (Å²) >= 11 is 0. The van der Waals surface area contributed by atoms with E-state index in [0.717, 1.165) is 62.7 Å². The average Bonchev–Trinajstić information content (AvgIpc) is 3.17. The molecule has 7 nitrogen and oxygen atoms in total. The summed E-state index contributed by atoms with van der Waals surface area (Å²) in [5.41, 5.74) is 2.26. The lowest BCUT2D eigenvalue weighted by Gasteiger charge is -2.26. The van der Waals surface area contributed by atoms with E-state index in [0.29, 0.717) is 6.54 Å². The molecule has 174 valence electrons. The summed E-state index contributed by atoms with van der Waals surface area (Å²) in [6.45, 7) is 12.3. The number of aliphatic imine (C=N–C) groups is 1. The predicted molar refractivity (Wildman–Crippen MR) is 128 cm³/mol. The highest BCUT2D eigenvalue weighted by molar-refractivity contribution is 5.81. The molecule has 1 aromatic rings. The molecule has 1 unspecified atom stereocenters. The second-order valence-corrected chi connectivity index (χ2v) is 8.68. The maximum atomic E-state index is 12.3. The van der Waals surface area contributed by atoms with Crippen molar-refractivity contribution in [2.24, 2.45) is 4.99 Å². The number of rotatable bonds is 10. The van der Waals surface area contributed by atoms with Gasteiger partial charge >= 0.3 is 0 Å². The van der Waals surface area contributed by atoms with Gasteiger partial charge < -0.3 is 20.3 Å². The molecule has 0 spiro atoms. The number of likely N-dealkylation sites (N-methyl/N-ethyl adjacent to an activating group) is 1. The van der Waals surface area contributed by atoms with E-state index < -0.39 is 0 Å². The van der Waals surface area contributed by atoms with Crippen molar-refractivity contribution in [2.75, 3.05) is 40.3 Å². The number of amides is 1. The first-order chi connectivity index (χ1) is 14.8. The molecule has 0 saturated carbocycles. The van der Waals surface area contributed by atoms with Gasteiger partial charge in [0.2, 0.25) is 5.91 Å². The van der Waals surface area contributed by atoms with Crippen LogP contribution in [-0.2, 0) is 11.3 Å². The van der Waals surface area contributed by atoms with Crippen molar-refractivity contribution < 1.29 is 9.53 Å². The second-order valence-electron chi connectivity index (χ2n) is 8.68. The van der Waals surface area contributed by atoms with E-state index in [1.165, 1.54) is 5.56 Å². The summed E-state index contributed by atoms with van der Waals surface area (Å²) in [6.07, 6.45) is 3.16. The third-order valence-corrected chi connectivity index (χ3v) is 5.34. The average molecular weight is 432 g/mol. The van der Waals surface area contributed by atoms with Gasteiger partial charge in [-0.05, 0) is 65.1 Å². The van der Waals surface area contributed by atoms with Crippen LogP contribution in [0.3, 0.4) is 0 Å². The lowest BCUT2D eigenvalue weighted by Crippen LogP contribution is -2.44. The van der Waals surface area contributed by atoms with Crippen LogP contribution in [0.2, 0.25) is 0 Å². The number of likely N-dealkylation sites (tertiary alicyclic amines) is 1. The smallest absolute Gasteiger partial charge is 0.239 e. The Morgan fingerprint density at radius 1 is 1.32 bits per heavy atom. The molecule has 0 aliphatic carbocycles. The van der Waals surface area contributed by atoms with Crippen molar-refractivity contribution >= 4 is 11.9 Å². The lowest BCUT2D eigenvalue weighted by molar-refractivity contribution is -0.133. The van der Waals surface area contributed by atoms with Crippen LogP contribution in [0.25, 0.3) is 0 Å². The molecule has 2 N–H and O–H groups in total. The van der Waals surface area contributed by atoms with E-state index in [1.807, 2.05) is 27.9 Å². The Morgan fingerprint density at radius 3 is 2.77 bits per heavy atom. The minimum atomic E-state index is 0.0396. The van der Waals surface area contributed by atoms with E-state index in [9.17, 15) is 4.79 Å². The molecule has 1 saturated heterocycles. The minimum absolute atomic E-state index is 0.0396. The Hall–Kier alpha value is -2.28. The first-order valence-electron chi connectivity index (χ1n) is 11.5. The van der Waals surface area contributed by atoms with Gasteiger partial charge in [-0.25, -0.2) is 4.99 Å². The maximum Gasteiger partial charge on any atom is 0.239 e. The number of hydrogen-bond donors (Lipinski definition) is 2. The number of hydrogen-bond acceptors (Lipinski definition) is 4. The zero-order valence-electron chi connectivity index (χ0n) is 20.2. The summed E-state index contributed by atoms with van der Waals surface area (Å²) in [5, 5.41) is 6.75. The molecule has 0 radical (unpaired) electrons. The first-order valence-corrected chi connectivity index (χ1v) is 11.5. The fourth-order valence-electron chi connectivity index (χ4n) is 3.82. The van der Waals surface area contributed by atoms with Gasteiger partial charge in [0.15, 0.2) is 5.96 Å². The normalized spacial score (nSPS) is 17.1. The second kappa shape index (κ2) is 12.5. The Bertz CT molecular complexity index is 733. The van der Waals surface area contributed by atoms with Gasteiger partial charge in [0, 0.05) is 39.3 Å². The van der Waals surface area contributed by atoms with Crippen molar-refractivity contribution in [3.8, 4) is 5.75 Å². The maximum absolute atomic E-state index is 12.3. The zero-order valence-corrected chi connectivity index (χ0v) is 20.2. The van der Waals surface area contributed by atoms with Gasteiger partial charge in [-0.1, -0.05) is 12.1 Å². The fourth-order valence-corrected chi connectivity index (χ4v) is 3.82. The van der Waals surface area contributed by atoms with Crippen molar-refractivity contribution in [1.82, 2.24) is 20.4 Å². The van der Waals surface area contributed by atoms with Crippen molar-refractivity contribution in [3.63, 3.8) is 0 Å². The molecule has 7 heteroatoms. The Balaban J connectivity index is 1.89. The Morgan fingerprint density at radius 2 is 2.10 bits per heavy atom. The zero-order chi connectivity index (χ0) is 22.8. The highest BCUT2D eigenvalue weighted by atomic mass is 16.5. The summed E-state index contributed by atoms with van der Waals surface area (Å²) in [5.74, 6) is 1.93.